The monoisotopic (exact) mass is 130 g/mol. The summed E-state index contributed by atoms with van der Waals surface area (Å²) in [5, 5.41) is 27.9. The molecule has 0 aliphatic heterocycles. The van der Waals surface area contributed by atoms with E-state index in [0.29, 0.717) is 0 Å². The van der Waals surface area contributed by atoms with Gasteiger partial charge in [-0.1, -0.05) is 0 Å². The van der Waals surface area contributed by atoms with Crippen molar-refractivity contribution < 1.29 is 4.92 Å². The molecule has 0 N–H and O–H groups in total. The molecule has 0 aliphatic carbocycles. The average molecular weight is 130 g/mol. The third-order valence-corrected chi connectivity index (χ3v) is 0.549. The second-order valence-electron chi connectivity index (χ2n) is 1.10. The van der Waals surface area contributed by atoms with Gasteiger partial charge in [0, 0.05) is 10.3 Å². The zero-order valence-electron chi connectivity index (χ0n) is 3.96. The van der Waals surface area contributed by atoms with Crippen LogP contribution in [0.4, 0.5) is 5.95 Å². The highest BCUT2D eigenvalue weighted by Crippen LogP contribution is 1.94. The first-order chi connectivity index (χ1) is 4.20. The molecule has 0 bridgehead atoms. The number of hydrogen-bond donors (Lipinski definition) is 0. The van der Waals surface area contributed by atoms with E-state index in [1.807, 2.05) is 0 Å². The van der Waals surface area contributed by atoms with Gasteiger partial charge in [-0.25, -0.2) is 0 Å². The summed E-state index contributed by atoms with van der Waals surface area (Å²) in [7, 11) is 0. The number of hydrogen-bond acceptors (Lipinski definition) is 6. The number of aromatic nitrogens is 4. The van der Waals surface area contributed by atoms with Crippen molar-refractivity contribution in [2.24, 2.45) is 0 Å². The van der Waals surface area contributed by atoms with Crippen LogP contribution in [-0.4, -0.2) is 25.3 Å². The van der Waals surface area contributed by atoms with E-state index < -0.39 is 10.9 Å². The van der Waals surface area contributed by atoms with Crippen LogP contribution in [-0.2, 0) is 0 Å². The molecule has 48 valence electrons. The third kappa shape index (κ3) is 0.900. The molecular formula is CN5O3-. The summed E-state index contributed by atoms with van der Waals surface area (Å²) in [4.78, 5) is 8.58. The van der Waals surface area contributed by atoms with Crippen LogP contribution in [0, 0.1) is 15.3 Å². The Morgan fingerprint density at radius 3 is 2.56 bits per heavy atom. The van der Waals surface area contributed by atoms with Gasteiger partial charge in [-0.3, -0.25) is 0 Å². The van der Waals surface area contributed by atoms with Crippen molar-refractivity contribution in [2.45, 2.75) is 0 Å². The molecule has 0 aromatic carbocycles. The molecule has 0 saturated carbocycles. The summed E-state index contributed by atoms with van der Waals surface area (Å²) in [5.74, 6) is -0.787. The van der Waals surface area contributed by atoms with Gasteiger partial charge in [-0.15, -0.1) is 4.96 Å². The van der Waals surface area contributed by atoms with Gasteiger partial charge in [-0.2, -0.15) is 0 Å². The Balaban J connectivity index is 2.98. The Bertz CT molecular complexity index is 228. The Hall–Kier alpha value is -1.73. The maximum absolute atomic E-state index is 9.92. The second kappa shape index (κ2) is 1.65. The molecule has 9 heavy (non-hydrogen) atoms. The number of tetrazole rings is 1. The van der Waals surface area contributed by atoms with E-state index in [9.17, 15) is 15.3 Å². The third-order valence-electron chi connectivity index (χ3n) is 0.549. The van der Waals surface area contributed by atoms with E-state index in [1.165, 1.54) is 0 Å². The average Bonchev–Trinajstić information content (AvgIpc) is 2.14. The maximum Gasteiger partial charge on any atom is 0.514 e. The fourth-order valence-corrected chi connectivity index (χ4v) is 0.268. The first-order valence-corrected chi connectivity index (χ1v) is 1.82. The summed E-state index contributed by atoms with van der Waals surface area (Å²) >= 11 is 0. The lowest BCUT2D eigenvalue weighted by atomic mass is 11.1. The number of nitrogens with zero attached hydrogens (tertiary/aromatic N) is 5. The molecule has 8 heteroatoms. The summed E-state index contributed by atoms with van der Waals surface area (Å²) in [6, 6.07) is 0. The molecule has 0 fully saturated rings. The quantitative estimate of drug-likeness (QED) is 0.353. The van der Waals surface area contributed by atoms with Crippen molar-refractivity contribution in [1.82, 2.24) is 20.4 Å². The fourth-order valence-electron chi connectivity index (χ4n) is 0.268. The first kappa shape index (κ1) is 5.41. The Kier molecular flexibility index (Phi) is 0.992. The van der Waals surface area contributed by atoms with Crippen molar-refractivity contribution in [3.63, 3.8) is 0 Å². The predicted molar refractivity (Wildman–Crippen MR) is 23.2 cm³/mol. The van der Waals surface area contributed by atoms with E-state index in [2.05, 4.69) is 15.4 Å². The van der Waals surface area contributed by atoms with Crippen molar-refractivity contribution in [3.8, 4) is 0 Å². The van der Waals surface area contributed by atoms with Gasteiger partial charge in [0.25, 0.3) is 0 Å². The Morgan fingerprint density at radius 2 is 2.33 bits per heavy atom. The van der Waals surface area contributed by atoms with Crippen molar-refractivity contribution in [3.05, 3.63) is 15.3 Å². The molecule has 0 unspecified atom stereocenters. The smallest absolute Gasteiger partial charge is 0.514 e. The largest absolute Gasteiger partial charge is 0.760 e. The van der Waals surface area contributed by atoms with Gasteiger partial charge < -0.3 is 15.3 Å². The van der Waals surface area contributed by atoms with Crippen LogP contribution >= 0.6 is 0 Å². The molecule has 1 heterocycles. The Labute approximate surface area is 47.8 Å². The van der Waals surface area contributed by atoms with Crippen LogP contribution in [0.3, 0.4) is 0 Å². The van der Waals surface area contributed by atoms with Gasteiger partial charge in [0.15, 0.2) is 0 Å². The van der Waals surface area contributed by atoms with Gasteiger partial charge in [0.05, 0.1) is 5.10 Å². The van der Waals surface area contributed by atoms with E-state index >= 15 is 0 Å². The zero-order chi connectivity index (χ0) is 6.85. The zero-order valence-corrected chi connectivity index (χ0v) is 3.96. The molecule has 0 atom stereocenters. The standard InChI is InChI=1S/CN5O3/c7-5(8)1-2-4-6(9)3-1/q-1. The van der Waals surface area contributed by atoms with E-state index in [4.69, 9.17) is 0 Å². The minimum absolute atomic E-state index is 0.224. The highest BCUT2D eigenvalue weighted by molar-refractivity contribution is 4.92. The molecule has 1 aromatic heterocycles. The highest BCUT2D eigenvalue weighted by atomic mass is 16.6. The van der Waals surface area contributed by atoms with Gasteiger partial charge >= 0.3 is 5.95 Å². The molecule has 1 rings (SSSR count). The molecular weight excluding hydrogens is 130 g/mol. The molecule has 0 amide bonds. The molecule has 0 radical (unpaired) electrons. The van der Waals surface area contributed by atoms with Crippen molar-refractivity contribution >= 4 is 5.95 Å². The fraction of sp³-hybridized carbons (Fsp3) is 0. The van der Waals surface area contributed by atoms with Gasteiger partial charge in [-0.05, 0) is 4.92 Å². The van der Waals surface area contributed by atoms with E-state index in [0.717, 1.165) is 0 Å². The van der Waals surface area contributed by atoms with Crippen molar-refractivity contribution in [2.75, 3.05) is 0 Å². The number of rotatable bonds is 1. The molecule has 8 nitrogen and oxygen atoms in total. The highest BCUT2D eigenvalue weighted by Gasteiger charge is 2.10. The van der Waals surface area contributed by atoms with E-state index in [1.54, 1.807) is 0 Å². The van der Waals surface area contributed by atoms with Crippen molar-refractivity contribution in [1.29, 1.82) is 0 Å². The van der Waals surface area contributed by atoms with Crippen LogP contribution in [0.15, 0.2) is 0 Å². The van der Waals surface area contributed by atoms with Gasteiger partial charge in [0.2, 0.25) is 0 Å². The first-order valence-electron chi connectivity index (χ1n) is 1.82. The number of nitro groups is 1. The second-order valence-corrected chi connectivity index (χ2v) is 1.10. The lowest BCUT2D eigenvalue weighted by molar-refractivity contribution is -0.394. The van der Waals surface area contributed by atoms with Gasteiger partial charge in [0.1, 0.15) is 0 Å². The Morgan fingerprint density at radius 1 is 1.67 bits per heavy atom. The lowest BCUT2D eigenvalue weighted by Gasteiger charge is -1.86. The molecule has 0 spiro atoms. The van der Waals surface area contributed by atoms with Crippen LogP contribution in [0.25, 0.3) is 0 Å². The lowest BCUT2D eigenvalue weighted by Crippen LogP contribution is -1.92. The summed E-state index contributed by atoms with van der Waals surface area (Å²) < 4.78 is 0. The predicted octanol–water partition coefficient (Wildman–Crippen LogP) is -1.07. The summed E-state index contributed by atoms with van der Waals surface area (Å²) in [5.41, 5.74) is 0. The SMILES string of the molecule is O=[N+]([O-])c1nnn([O-])n1. The maximum atomic E-state index is 9.92. The molecule has 0 saturated heterocycles. The van der Waals surface area contributed by atoms with Crippen LogP contribution in [0.2, 0.25) is 0 Å². The topological polar surface area (TPSA) is 110 Å². The molecule has 1 aromatic rings. The molecule has 0 aliphatic rings. The normalized spacial score (nSPS) is 9.33. The summed E-state index contributed by atoms with van der Waals surface area (Å²) in [6.07, 6.45) is 0. The minimum atomic E-state index is -0.901. The van der Waals surface area contributed by atoms with E-state index in [-0.39, 0.29) is 4.96 Å². The minimum Gasteiger partial charge on any atom is -0.760 e. The van der Waals surface area contributed by atoms with Crippen LogP contribution < -0.4 is 0 Å². The van der Waals surface area contributed by atoms with Crippen LogP contribution in [0.1, 0.15) is 0 Å². The van der Waals surface area contributed by atoms with Crippen LogP contribution in [0.5, 0.6) is 0 Å². The summed E-state index contributed by atoms with van der Waals surface area (Å²) in [6.45, 7) is 0.